The lowest BCUT2D eigenvalue weighted by molar-refractivity contribution is -0.128. The average Bonchev–Trinajstić information content (AvgIpc) is 1.99. The number of nitrogens with one attached hydrogen (secondary N) is 3. The van der Waals surface area contributed by atoms with Crippen LogP contribution in [0.5, 0.6) is 0 Å². The Balaban J connectivity index is 2.27. The quantitative estimate of drug-likeness (QED) is 0.544. The van der Waals surface area contributed by atoms with Crippen molar-refractivity contribution in [1.29, 1.82) is 0 Å². The monoisotopic (exact) mass is 185 g/mol. The zero-order valence-electron chi connectivity index (χ0n) is 8.61. The van der Waals surface area contributed by atoms with E-state index in [1.54, 1.807) is 7.05 Å². The Morgan fingerprint density at radius 2 is 2.15 bits per heavy atom. The van der Waals surface area contributed by atoms with Crippen LogP contribution in [0.2, 0.25) is 0 Å². The fraction of sp³-hybridized carbons (Fsp3) is 0.889. The Morgan fingerprint density at radius 1 is 1.54 bits per heavy atom. The molecule has 0 radical (unpaired) electrons. The van der Waals surface area contributed by atoms with Crippen molar-refractivity contribution >= 4 is 5.91 Å². The van der Waals surface area contributed by atoms with Crippen LogP contribution in [0.3, 0.4) is 0 Å². The smallest absolute Gasteiger partial charge is 0.226 e. The van der Waals surface area contributed by atoms with Gasteiger partial charge in [-0.3, -0.25) is 4.79 Å². The zero-order chi connectivity index (χ0) is 9.90. The molecule has 0 aromatic rings. The summed E-state index contributed by atoms with van der Waals surface area (Å²) >= 11 is 0. The molecule has 0 unspecified atom stereocenters. The Hall–Kier alpha value is -0.610. The van der Waals surface area contributed by atoms with Gasteiger partial charge in [0.2, 0.25) is 5.91 Å². The molecule has 0 aromatic carbocycles. The van der Waals surface area contributed by atoms with E-state index in [4.69, 9.17) is 0 Å². The molecule has 0 aliphatic carbocycles. The molecule has 13 heavy (non-hydrogen) atoms. The summed E-state index contributed by atoms with van der Waals surface area (Å²) in [4.78, 5) is 11.4. The zero-order valence-corrected chi connectivity index (χ0v) is 8.61. The van der Waals surface area contributed by atoms with Crippen molar-refractivity contribution in [2.75, 3.05) is 26.7 Å². The normalized spacial score (nSPS) is 18.1. The second-order valence-electron chi connectivity index (χ2n) is 4.20. The Kier molecular flexibility index (Phi) is 3.27. The van der Waals surface area contributed by atoms with Crippen LogP contribution < -0.4 is 16.0 Å². The topological polar surface area (TPSA) is 53.2 Å². The first kappa shape index (κ1) is 10.5. The van der Waals surface area contributed by atoms with Crippen molar-refractivity contribution in [3.63, 3.8) is 0 Å². The number of carbonyl (C=O) groups excluding carboxylic acids is 1. The molecule has 0 bridgehead atoms. The van der Waals surface area contributed by atoms with Crippen LogP contribution in [0.4, 0.5) is 0 Å². The van der Waals surface area contributed by atoms with Crippen LogP contribution in [0.25, 0.3) is 0 Å². The van der Waals surface area contributed by atoms with Crippen LogP contribution in [0.15, 0.2) is 0 Å². The summed E-state index contributed by atoms with van der Waals surface area (Å²) in [6.07, 6.45) is 0. The molecule has 0 saturated carbocycles. The van der Waals surface area contributed by atoms with Gasteiger partial charge in [-0.2, -0.15) is 0 Å². The lowest BCUT2D eigenvalue weighted by atomic mass is 9.91. The molecule has 4 nitrogen and oxygen atoms in total. The molecule has 0 spiro atoms. The van der Waals surface area contributed by atoms with Gasteiger partial charge in [0.15, 0.2) is 0 Å². The van der Waals surface area contributed by atoms with Crippen molar-refractivity contribution in [2.24, 2.45) is 5.41 Å². The Bertz CT molecular complexity index is 187. The number of hydrogen-bond acceptors (Lipinski definition) is 3. The third-order valence-electron chi connectivity index (χ3n) is 2.46. The second-order valence-corrected chi connectivity index (χ2v) is 4.20. The van der Waals surface area contributed by atoms with Crippen LogP contribution in [0.1, 0.15) is 13.8 Å². The average molecular weight is 185 g/mol. The molecule has 1 saturated heterocycles. The summed E-state index contributed by atoms with van der Waals surface area (Å²) in [7, 11) is 1.68. The third-order valence-corrected chi connectivity index (χ3v) is 2.46. The second kappa shape index (κ2) is 4.07. The fourth-order valence-corrected chi connectivity index (χ4v) is 1.25. The molecule has 4 heteroatoms. The van der Waals surface area contributed by atoms with Crippen LogP contribution in [-0.4, -0.2) is 38.6 Å². The number of amides is 1. The minimum absolute atomic E-state index is 0.0901. The van der Waals surface area contributed by atoms with E-state index < -0.39 is 0 Å². The van der Waals surface area contributed by atoms with Crippen molar-refractivity contribution < 1.29 is 4.79 Å². The van der Waals surface area contributed by atoms with Crippen LogP contribution in [0, 0.1) is 5.41 Å². The standard InChI is InChI=1S/C9H19N3O/c1-9(2,8(13)10-3)6-12-7-4-11-5-7/h7,11-12H,4-6H2,1-3H3,(H,10,13). The van der Waals surface area contributed by atoms with Gasteiger partial charge < -0.3 is 16.0 Å². The molecule has 1 rings (SSSR count). The third kappa shape index (κ3) is 2.67. The molecular weight excluding hydrogens is 166 g/mol. The van der Waals surface area contributed by atoms with Gasteiger partial charge in [-0.1, -0.05) is 0 Å². The number of carbonyl (C=O) groups is 1. The first-order valence-electron chi connectivity index (χ1n) is 4.72. The number of rotatable bonds is 4. The molecule has 1 aliphatic heterocycles. The van der Waals surface area contributed by atoms with Gasteiger partial charge in [0, 0.05) is 32.7 Å². The predicted molar refractivity (Wildman–Crippen MR) is 52.5 cm³/mol. The van der Waals surface area contributed by atoms with E-state index in [1.165, 1.54) is 0 Å². The van der Waals surface area contributed by atoms with Gasteiger partial charge in [0.25, 0.3) is 0 Å². The molecule has 0 atom stereocenters. The van der Waals surface area contributed by atoms with E-state index in [0.29, 0.717) is 6.04 Å². The van der Waals surface area contributed by atoms with Crippen molar-refractivity contribution in [2.45, 2.75) is 19.9 Å². The predicted octanol–water partition coefficient (Wildman–Crippen LogP) is -0.680. The number of hydrogen-bond donors (Lipinski definition) is 3. The summed E-state index contributed by atoms with van der Waals surface area (Å²) in [5.41, 5.74) is -0.315. The summed E-state index contributed by atoms with van der Waals surface area (Å²) in [5, 5.41) is 9.20. The summed E-state index contributed by atoms with van der Waals surface area (Å²) in [6.45, 7) is 6.67. The van der Waals surface area contributed by atoms with Gasteiger partial charge in [-0.25, -0.2) is 0 Å². The van der Waals surface area contributed by atoms with E-state index >= 15 is 0 Å². The van der Waals surface area contributed by atoms with Gasteiger partial charge in [0.1, 0.15) is 0 Å². The minimum atomic E-state index is -0.315. The lowest BCUT2D eigenvalue weighted by Gasteiger charge is -2.32. The maximum Gasteiger partial charge on any atom is 0.226 e. The maximum atomic E-state index is 11.4. The molecule has 76 valence electrons. The highest BCUT2D eigenvalue weighted by Crippen LogP contribution is 2.13. The summed E-state index contributed by atoms with van der Waals surface area (Å²) < 4.78 is 0. The van der Waals surface area contributed by atoms with Crippen LogP contribution in [-0.2, 0) is 4.79 Å². The molecule has 3 N–H and O–H groups in total. The van der Waals surface area contributed by atoms with Crippen molar-refractivity contribution in [3.05, 3.63) is 0 Å². The largest absolute Gasteiger partial charge is 0.359 e. The highest BCUT2D eigenvalue weighted by molar-refractivity contribution is 5.81. The van der Waals surface area contributed by atoms with E-state index in [1.807, 2.05) is 13.8 Å². The van der Waals surface area contributed by atoms with E-state index in [2.05, 4.69) is 16.0 Å². The maximum absolute atomic E-state index is 11.4. The summed E-state index contributed by atoms with van der Waals surface area (Å²) in [6, 6.07) is 0.545. The Labute approximate surface area is 79.5 Å². The van der Waals surface area contributed by atoms with Crippen molar-refractivity contribution in [3.8, 4) is 0 Å². The molecule has 1 fully saturated rings. The molecule has 1 amide bonds. The SMILES string of the molecule is CNC(=O)C(C)(C)CNC1CNC1. The first-order valence-corrected chi connectivity index (χ1v) is 4.72. The minimum Gasteiger partial charge on any atom is -0.359 e. The fourth-order valence-electron chi connectivity index (χ4n) is 1.25. The van der Waals surface area contributed by atoms with Crippen molar-refractivity contribution in [1.82, 2.24) is 16.0 Å². The highest BCUT2D eigenvalue weighted by Gasteiger charge is 2.28. The highest BCUT2D eigenvalue weighted by atomic mass is 16.2. The molecule has 1 aliphatic rings. The van der Waals surface area contributed by atoms with E-state index in [0.717, 1.165) is 19.6 Å². The molecular formula is C9H19N3O. The van der Waals surface area contributed by atoms with E-state index in [9.17, 15) is 4.79 Å². The Morgan fingerprint density at radius 3 is 2.54 bits per heavy atom. The molecule has 1 heterocycles. The van der Waals surface area contributed by atoms with E-state index in [-0.39, 0.29) is 11.3 Å². The van der Waals surface area contributed by atoms with Gasteiger partial charge in [0.05, 0.1) is 5.41 Å². The van der Waals surface area contributed by atoms with Gasteiger partial charge in [-0.05, 0) is 13.8 Å². The lowest BCUT2D eigenvalue weighted by Crippen LogP contribution is -2.58. The van der Waals surface area contributed by atoms with Crippen LogP contribution >= 0.6 is 0 Å². The van der Waals surface area contributed by atoms with Gasteiger partial charge >= 0.3 is 0 Å². The van der Waals surface area contributed by atoms with Gasteiger partial charge in [-0.15, -0.1) is 0 Å². The molecule has 0 aromatic heterocycles. The first-order chi connectivity index (χ1) is 6.06. The summed E-state index contributed by atoms with van der Waals surface area (Å²) in [5.74, 6) is 0.0901.